The predicted octanol–water partition coefficient (Wildman–Crippen LogP) is 1.74. The molecule has 100 valence electrons. The predicted molar refractivity (Wildman–Crippen MR) is 70.2 cm³/mol. The lowest BCUT2D eigenvalue weighted by molar-refractivity contribution is -0.0498. The number of aromatic nitrogens is 2. The van der Waals surface area contributed by atoms with Gasteiger partial charge in [-0.2, -0.15) is 0 Å². The third-order valence-corrected chi connectivity index (χ3v) is 4.48. The summed E-state index contributed by atoms with van der Waals surface area (Å²) in [5.41, 5.74) is -0.704. The Hall–Kier alpha value is -0.870. The first kappa shape index (κ1) is 12.2. The third-order valence-electron chi connectivity index (χ3n) is 4.48. The molecule has 18 heavy (non-hydrogen) atoms. The van der Waals surface area contributed by atoms with Crippen molar-refractivity contribution in [2.24, 2.45) is 0 Å². The zero-order valence-electron chi connectivity index (χ0n) is 11.2. The molecule has 4 nitrogen and oxygen atoms in total. The van der Waals surface area contributed by atoms with Crippen molar-refractivity contribution >= 4 is 0 Å². The summed E-state index contributed by atoms with van der Waals surface area (Å²) < 4.78 is 2.13. The molecule has 2 saturated heterocycles. The minimum atomic E-state index is -0.704. The van der Waals surface area contributed by atoms with E-state index in [4.69, 9.17) is 0 Å². The van der Waals surface area contributed by atoms with Crippen LogP contribution in [0.25, 0.3) is 0 Å². The number of aryl methyl sites for hydroxylation is 1. The van der Waals surface area contributed by atoms with Gasteiger partial charge in [-0.05, 0) is 38.6 Å². The first-order chi connectivity index (χ1) is 8.73. The molecule has 3 rings (SSSR count). The standard InChI is InChI=1S/C14H23N3O/c1-2-7-17-10-6-15-13(17)14(18)5-9-16-8-3-4-12(16)11-14/h6,10,12,18H,2-5,7-9,11H2,1H3. The van der Waals surface area contributed by atoms with Gasteiger partial charge in [-0.1, -0.05) is 6.92 Å². The maximum absolute atomic E-state index is 11.0. The molecule has 3 heterocycles. The fourth-order valence-electron chi connectivity index (χ4n) is 3.58. The highest BCUT2D eigenvalue weighted by molar-refractivity contribution is 5.09. The van der Waals surface area contributed by atoms with Gasteiger partial charge < -0.3 is 14.6 Å². The minimum Gasteiger partial charge on any atom is -0.382 e. The van der Waals surface area contributed by atoms with Gasteiger partial charge in [0.1, 0.15) is 11.4 Å². The van der Waals surface area contributed by atoms with Gasteiger partial charge in [0.2, 0.25) is 0 Å². The van der Waals surface area contributed by atoms with Gasteiger partial charge in [0.15, 0.2) is 0 Å². The molecule has 2 aliphatic rings. The number of rotatable bonds is 3. The number of nitrogens with zero attached hydrogens (tertiary/aromatic N) is 3. The largest absolute Gasteiger partial charge is 0.382 e. The van der Waals surface area contributed by atoms with Crippen molar-refractivity contribution in [2.75, 3.05) is 13.1 Å². The smallest absolute Gasteiger partial charge is 0.140 e. The van der Waals surface area contributed by atoms with Gasteiger partial charge in [-0.15, -0.1) is 0 Å². The van der Waals surface area contributed by atoms with Crippen LogP contribution < -0.4 is 0 Å². The summed E-state index contributed by atoms with van der Waals surface area (Å²) in [6.45, 7) is 5.34. The molecule has 4 heteroatoms. The third kappa shape index (κ3) is 1.97. The summed E-state index contributed by atoms with van der Waals surface area (Å²) in [7, 11) is 0. The Balaban J connectivity index is 1.83. The zero-order chi connectivity index (χ0) is 12.6. The lowest BCUT2D eigenvalue weighted by Gasteiger charge is -2.40. The molecule has 0 saturated carbocycles. The molecule has 2 fully saturated rings. The van der Waals surface area contributed by atoms with Crippen LogP contribution in [0, 0.1) is 0 Å². The highest BCUT2D eigenvalue weighted by atomic mass is 16.3. The van der Waals surface area contributed by atoms with E-state index < -0.39 is 5.60 Å². The molecule has 1 aromatic rings. The molecule has 0 spiro atoms. The van der Waals surface area contributed by atoms with E-state index in [1.165, 1.54) is 19.4 Å². The van der Waals surface area contributed by atoms with Crippen LogP contribution in [0.5, 0.6) is 0 Å². The van der Waals surface area contributed by atoms with Crippen molar-refractivity contribution in [2.45, 2.75) is 57.2 Å². The Labute approximate surface area is 109 Å². The van der Waals surface area contributed by atoms with Crippen LogP contribution in [0.1, 0.15) is 44.9 Å². The molecule has 0 aliphatic carbocycles. The molecule has 0 aromatic carbocycles. The van der Waals surface area contributed by atoms with Crippen molar-refractivity contribution in [3.05, 3.63) is 18.2 Å². The van der Waals surface area contributed by atoms with Crippen molar-refractivity contribution in [3.8, 4) is 0 Å². The van der Waals surface area contributed by atoms with Crippen molar-refractivity contribution < 1.29 is 5.11 Å². The molecular weight excluding hydrogens is 226 g/mol. The molecule has 0 bridgehead atoms. The van der Waals surface area contributed by atoms with E-state index in [-0.39, 0.29) is 0 Å². The Morgan fingerprint density at radius 3 is 3.22 bits per heavy atom. The molecule has 1 aromatic heterocycles. The van der Waals surface area contributed by atoms with Crippen LogP contribution in [0.15, 0.2) is 12.4 Å². The molecule has 0 radical (unpaired) electrons. The first-order valence-electron chi connectivity index (χ1n) is 7.21. The number of hydrogen-bond donors (Lipinski definition) is 1. The van der Waals surface area contributed by atoms with Crippen molar-refractivity contribution in [1.29, 1.82) is 0 Å². The first-order valence-corrected chi connectivity index (χ1v) is 7.21. The molecule has 2 atom stereocenters. The van der Waals surface area contributed by atoms with Crippen LogP contribution in [0.3, 0.4) is 0 Å². The summed E-state index contributed by atoms with van der Waals surface area (Å²) in [5.74, 6) is 0.885. The van der Waals surface area contributed by atoms with Crippen molar-refractivity contribution in [1.82, 2.24) is 14.5 Å². The Bertz CT molecular complexity index is 417. The average Bonchev–Trinajstić information content (AvgIpc) is 2.97. The number of fused-ring (bicyclic) bond motifs is 1. The van der Waals surface area contributed by atoms with Gasteiger partial charge in [0.25, 0.3) is 0 Å². The maximum Gasteiger partial charge on any atom is 0.140 e. The molecular formula is C14H23N3O. The lowest BCUT2D eigenvalue weighted by atomic mass is 9.85. The van der Waals surface area contributed by atoms with Crippen molar-refractivity contribution in [3.63, 3.8) is 0 Å². The number of aliphatic hydroxyl groups is 1. The van der Waals surface area contributed by atoms with E-state index in [9.17, 15) is 5.11 Å². The lowest BCUT2D eigenvalue weighted by Crippen LogP contribution is -2.47. The highest BCUT2D eigenvalue weighted by Gasteiger charge is 2.43. The highest BCUT2D eigenvalue weighted by Crippen LogP contribution is 2.38. The van der Waals surface area contributed by atoms with Gasteiger partial charge in [0.05, 0.1) is 0 Å². The van der Waals surface area contributed by atoms with Gasteiger partial charge in [-0.3, -0.25) is 0 Å². The summed E-state index contributed by atoms with van der Waals surface area (Å²) in [5, 5.41) is 11.0. The second-order valence-corrected chi connectivity index (χ2v) is 5.76. The van der Waals surface area contributed by atoms with E-state index in [1.807, 2.05) is 12.4 Å². The second kappa shape index (κ2) is 4.67. The van der Waals surface area contributed by atoms with Crippen LogP contribution in [-0.2, 0) is 12.1 Å². The summed E-state index contributed by atoms with van der Waals surface area (Å²) >= 11 is 0. The average molecular weight is 249 g/mol. The molecule has 2 unspecified atom stereocenters. The molecule has 1 N–H and O–H groups in total. The van der Waals surface area contributed by atoms with E-state index in [2.05, 4.69) is 21.4 Å². The van der Waals surface area contributed by atoms with E-state index in [0.29, 0.717) is 6.04 Å². The number of hydrogen-bond acceptors (Lipinski definition) is 3. The fraction of sp³-hybridized carbons (Fsp3) is 0.786. The second-order valence-electron chi connectivity index (χ2n) is 5.76. The van der Waals surface area contributed by atoms with Crippen LogP contribution in [0.2, 0.25) is 0 Å². The minimum absolute atomic E-state index is 0.565. The monoisotopic (exact) mass is 249 g/mol. The van der Waals surface area contributed by atoms with E-state index in [1.54, 1.807) is 0 Å². The van der Waals surface area contributed by atoms with Gasteiger partial charge in [-0.25, -0.2) is 4.98 Å². The molecule has 0 amide bonds. The zero-order valence-corrected chi connectivity index (χ0v) is 11.2. The van der Waals surface area contributed by atoms with Gasteiger partial charge >= 0.3 is 0 Å². The molecule has 2 aliphatic heterocycles. The normalized spacial score (nSPS) is 32.7. The maximum atomic E-state index is 11.0. The topological polar surface area (TPSA) is 41.3 Å². The van der Waals surface area contributed by atoms with Gasteiger partial charge in [0, 0.05) is 31.5 Å². The van der Waals surface area contributed by atoms with E-state index >= 15 is 0 Å². The SMILES string of the molecule is CCCn1ccnc1C1(O)CCN2CCCC2C1. The van der Waals surface area contributed by atoms with Crippen LogP contribution >= 0.6 is 0 Å². The van der Waals surface area contributed by atoms with Crippen LogP contribution in [0.4, 0.5) is 0 Å². The quantitative estimate of drug-likeness (QED) is 0.887. The summed E-state index contributed by atoms with van der Waals surface area (Å²) in [4.78, 5) is 6.97. The Kier molecular flexibility index (Phi) is 3.16. The summed E-state index contributed by atoms with van der Waals surface area (Å²) in [6, 6.07) is 0.565. The van der Waals surface area contributed by atoms with E-state index in [0.717, 1.165) is 38.2 Å². The summed E-state index contributed by atoms with van der Waals surface area (Å²) in [6.07, 6.45) is 9.09. The number of imidazole rings is 1. The fourth-order valence-corrected chi connectivity index (χ4v) is 3.58. The number of piperidine rings is 1. The van der Waals surface area contributed by atoms with Crippen LogP contribution in [-0.4, -0.2) is 38.7 Å². The Morgan fingerprint density at radius 1 is 1.50 bits per heavy atom. The Morgan fingerprint density at radius 2 is 2.39 bits per heavy atom.